The second-order valence-corrected chi connectivity index (χ2v) is 5.88. The summed E-state index contributed by atoms with van der Waals surface area (Å²) in [5.74, 6) is -3.10. The summed E-state index contributed by atoms with van der Waals surface area (Å²) >= 11 is 0.922. The van der Waals surface area contributed by atoms with Gasteiger partial charge in [-0.2, -0.15) is 13.2 Å². The molecule has 0 radical (unpaired) electrons. The summed E-state index contributed by atoms with van der Waals surface area (Å²) < 4.78 is 39.4. The average molecular weight is 388 g/mol. The molecule has 0 aromatic carbocycles. The third-order valence-electron chi connectivity index (χ3n) is 3.22. The van der Waals surface area contributed by atoms with Crippen molar-refractivity contribution in [2.45, 2.75) is 12.7 Å². The molecule has 0 spiro atoms. The number of halogens is 3. The number of primary amides is 2. The molecule has 0 saturated heterocycles. The van der Waals surface area contributed by atoms with E-state index in [1.54, 1.807) is 0 Å². The van der Waals surface area contributed by atoms with Crippen LogP contribution in [0.4, 0.5) is 18.2 Å². The van der Waals surface area contributed by atoms with E-state index in [9.17, 15) is 32.3 Å². The molecule has 0 aliphatic rings. The number of carbonyl (C=O) groups is 3. The Kier molecular flexibility index (Phi) is 5.16. The maximum Gasteiger partial charge on any atom is 0.431 e. The molecule has 26 heavy (non-hydrogen) atoms. The normalized spacial score (nSPS) is 11.2. The number of hydrogen-bond donors (Lipinski definition) is 3. The van der Waals surface area contributed by atoms with Crippen LogP contribution < -0.4 is 22.3 Å². The molecule has 2 aromatic rings. The second kappa shape index (κ2) is 7.00. The number of carbonyl (C=O) groups excluding carboxylic acids is 3. The molecule has 0 aliphatic heterocycles. The van der Waals surface area contributed by atoms with E-state index in [1.807, 2.05) is 0 Å². The molecule has 0 bridgehead atoms. The lowest BCUT2D eigenvalue weighted by molar-refractivity contribution is -0.144. The number of nitrogens with zero attached hydrogens (tertiary/aromatic N) is 1. The Morgan fingerprint density at radius 1 is 1.08 bits per heavy atom. The van der Waals surface area contributed by atoms with E-state index in [0.29, 0.717) is 12.1 Å². The van der Waals surface area contributed by atoms with Crippen LogP contribution in [0.15, 0.2) is 28.4 Å². The molecule has 2 heterocycles. The number of alkyl halides is 3. The van der Waals surface area contributed by atoms with Gasteiger partial charge in [0.25, 0.3) is 17.4 Å². The van der Waals surface area contributed by atoms with Crippen LogP contribution in [0, 0.1) is 0 Å². The Balaban J connectivity index is 2.41. The molecule has 2 rings (SSSR count). The van der Waals surface area contributed by atoms with Gasteiger partial charge in [-0.3, -0.25) is 23.7 Å². The number of rotatable bonds is 5. The molecule has 0 aliphatic carbocycles. The van der Waals surface area contributed by atoms with E-state index in [-0.39, 0.29) is 15.1 Å². The number of nitrogens with one attached hydrogen (secondary N) is 1. The predicted molar refractivity (Wildman–Crippen MR) is 85.7 cm³/mol. The fourth-order valence-corrected chi connectivity index (χ4v) is 2.89. The minimum absolute atomic E-state index is 0.0233. The molecule has 8 nitrogen and oxygen atoms in total. The lowest BCUT2D eigenvalue weighted by Gasteiger charge is -2.16. The SMILES string of the molecule is NC(=O)c1ccsc1NC(=O)Cn1c(C(F)(F)F)ccc(C(N)=O)c1=O. The highest BCUT2D eigenvalue weighted by atomic mass is 32.1. The molecule has 0 fully saturated rings. The molecule has 0 saturated carbocycles. The zero-order chi connectivity index (χ0) is 19.6. The number of nitrogens with two attached hydrogens (primary N) is 2. The first kappa shape index (κ1) is 19.2. The van der Waals surface area contributed by atoms with E-state index < -0.39 is 47.3 Å². The Morgan fingerprint density at radius 2 is 1.69 bits per heavy atom. The number of amides is 3. The highest BCUT2D eigenvalue weighted by molar-refractivity contribution is 7.14. The Hall–Kier alpha value is -3.15. The summed E-state index contributed by atoms with van der Waals surface area (Å²) in [6.07, 6.45) is -4.95. The molecule has 138 valence electrons. The number of anilines is 1. The molecular weight excluding hydrogens is 377 g/mol. The highest BCUT2D eigenvalue weighted by Gasteiger charge is 2.35. The van der Waals surface area contributed by atoms with E-state index in [2.05, 4.69) is 5.32 Å². The molecule has 5 N–H and O–H groups in total. The fraction of sp³-hybridized carbons (Fsp3) is 0.143. The summed E-state index contributed by atoms with van der Waals surface area (Å²) in [7, 11) is 0. The first-order chi connectivity index (χ1) is 12.0. The van der Waals surface area contributed by atoms with Crippen molar-refractivity contribution in [3.63, 3.8) is 0 Å². The van der Waals surface area contributed by atoms with Crippen LogP contribution in [0.5, 0.6) is 0 Å². The largest absolute Gasteiger partial charge is 0.431 e. The summed E-state index contributed by atoms with van der Waals surface area (Å²) in [4.78, 5) is 46.5. The number of thiophene rings is 1. The van der Waals surface area contributed by atoms with Crippen LogP contribution >= 0.6 is 11.3 Å². The third kappa shape index (κ3) is 3.91. The molecule has 0 atom stereocenters. The van der Waals surface area contributed by atoms with Gasteiger partial charge in [-0.1, -0.05) is 0 Å². The van der Waals surface area contributed by atoms with Crippen LogP contribution in [0.3, 0.4) is 0 Å². The zero-order valence-electron chi connectivity index (χ0n) is 12.8. The van der Waals surface area contributed by atoms with Crippen molar-refractivity contribution >= 4 is 34.1 Å². The second-order valence-electron chi connectivity index (χ2n) is 4.96. The first-order valence-corrected chi connectivity index (χ1v) is 7.68. The highest BCUT2D eigenvalue weighted by Crippen LogP contribution is 2.28. The maximum atomic E-state index is 13.1. The Labute approximate surface area is 147 Å². The smallest absolute Gasteiger partial charge is 0.366 e. The lowest BCUT2D eigenvalue weighted by Crippen LogP contribution is -2.36. The van der Waals surface area contributed by atoms with Gasteiger partial charge in [0.2, 0.25) is 5.91 Å². The van der Waals surface area contributed by atoms with Gasteiger partial charge < -0.3 is 16.8 Å². The molecule has 3 amide bonds. The van der Waals surface area contributed by atoms with Crippen molar-refractivity contribution in [2.75, 3.05) is 5.32 Å². The van der Waals surface area contributed by atoms with Crippen LogP contribution in [0.25, 0.3) is 0 Å². The van der Waals surface area contributed by atoms with Crippen LogP contribution in [0.1, 0.15) is 26.4 Å². The topological polar surface area (TPSA) is 137 Å². The Bertz CT molecular complexity index is 948. The van der Waals surface area contributed by atoms with Gasteiger partial charge in [0, 0.05) is 0 Å². The summed E-state index contributed by atoms with van der Waals surface area (Å²) in [6, 6.07) is 2.45. The van der Waals surface area contributed by atoms with Crippen molar-refractivity contribution in [2.24, 2.45) is 11.5 Å². The average Bonchev–Trinajstić information content (AvgIpc) is 2.95. The van der Waals surface area contributed by atoms with Gasteiger partial charge in [0.05, 0.1) is 5.56 Å². The molecule has 0 unspecified atom stereocenters. The number of hydrogen-bond acceptors (Lipinski definition) is 5. The quantitative estimate of drug-likeness (QED) is 0.696. The van der Waals surface area contributed by atoms with E-state index in [0.717, 1.165) is 11.3 Å². The van der Waals surface area contributed by atoms with Crippen molar-refractivity contribution in [1.29, 1.82) is 0 Å². The lowest BCUT2D eigenvalue weighted by atomic mass is 10.2. The molecular formula is C14H11F3N4O4S. The van der Waals surface area contributed by atoms with Gasteiger partial charge in [0.1, 0.15) is 22.8 Å². The summed E-state index contributed by atoms with van der Waals surface area (Å²) in [5.41, 5.74) is 6.55. The monoisotopic (exact) mass is 388 g/mol. The summed E-state index contributed by atoms with van der Waals surface area (Å²) in [6.45, 7) is -1.05. The number of aromatic nitrogens is 1. The van der Waals surface area contributed by atoms with Gasteiger partial charge >= 0.3 is 6.18 Å². The van der Waals surface area contributed by atoms with E-state index in [1.165, 1.54) is 11.4 Å². The fourth-order valence-electron chi connectivity index (χ4n) is 2.08. The van der Waals surface area contributed by atoms with Crippen molar-refractivity contribution in [3.8, 4) is 0 Å². The van der Waals surface area contributed by atoms with Gasteiger partial charge in [-0.25, -0.2) is 0 Å². The van der Waals surface area contributed by atoms with Crippen molar-refractivity contribution in [1.82, 2.24) is 4.57 Å². The minimum Gasteiger partial charge on any atom is -0.366 e. The van der Waals surface area contributed by atoms with Gasteiger partial charge in [-0.15, -0.1) is 11.3 Å². The van der Waals surface area contributed by atoms with Crippen LogP contribution in [-0.2, 0) is 17.5 Å². The minimum atomic E-state index is -4.95. The third-order valence-corrected chi connectivity index (χ3v) is 4.05. The number of pyridine rings is 1. The predicted octanol–water partition coefficient (Wildman–Crippen LogP) is 0.765. The van der Waals surface area contributed by atoms with Crippen LogP contribution in [0.2, 0.25) is 0 Å². The molecule has 12 heteroatoms. The zero-order valence-corrected chi connectivity index (χ0v) is 13.6. The van der Waals surface area contributed by atoms with Gasteiger partial charge in [0.15, 0.2) is 0 Å². The van der Waals surface area contributed by atoms with E-state index >= 15 is 0 Å². The standard InChI is InChI=1S/C14H11F3N4O4S/c15-14(16,17)8-2-1-7(11(19)24)13(25)21(8)5-9(22)20-12-6(10(18)23)3-4-26-12/h1-4H,5H2,(H2,18,23)(H2,19,24)(H,20,22). The first-order valence-electron chi connectivity index (χ1n) is 6.80. The summed E-state index contributed by atoms with van der Waals surface area (Å²) in [5, 5.41) is 3.67. The van der Waals surface area contributed by atoms with Gasteiger partial charge in [-0.05, 0) is 23.6 Å². The van der Waals surface area contributed by atoms with Crippen molar-refractivity contribution in [3.05, 3.63) is 50.8 Å². The van der Waals surface area contributed by atoms with E-state index in [4.69, 9.17) is 11.5 Å². The maximum absolute atomic E-state index is 13.1. The van der Waals surface area contributed by atoms with Crippen LogP contribution in [-0.4, -0.2) is 22.3 Å². The molecule has 2 aromatic heterocycles. The Morgan fingerprint density at radius 3 is 2.23 bits per heavy atom. The van der Waals surface area contributed by atoms with Crippen molar-refractivity contribution < 1.29 is 27.6 Å².